The third-order valence-electron chi connectivity index (χ3n) is 7.47. The van der Waals surface area contributed by atoms with E-state index in [9.17, 15) is 29.0 Å². The number of nitrogens with two attached hydrogens (primary N) is 2. The van der Waals surface area contributed by atoms with Gasteiger partial charge in [0.05, 0.1) is 24.9 Å². The van der Waals surface area contributed by atoms with Crippen LogP contribution in [0, 0.1) is 0 Å². The van der Waals surface area contributed by atoms with Crippen molar-refractivity contribution in [3.05, 3.63) is 35.3 Å². The van der Waals surface area contributed by atoms with Gasteiger partial charge in [0.2, 0.25) is 5.95 Å². The van der Waals surface area contributed by atoms with Gasteiger partial charge in [0.25, 0.3) is 5.56 Å². The first-order valence-corrected chi connectivity index (χ1v) is 17.3. The van der Waals surface area contributed by atoms with Crippen molar-refractivity contribution in [2.45, 2.75) is 49.1 Å². The second-order valence-corrected chi connectivity index (χ2v) is 14.6. The lowest BCUT2D eigenvalue weighted by Gasteiger charge is -2.26. The number of H-pyrrole nitrogens is 1. The van der Waals surface area contributed by atoms with Gasteiger partial charge >= 0.3 is 14.6 Å². The second kappa shape index (κ2) is 11.1. The molecular weight excluding hydrogens is 664 g/mol. The Hall–Kier alpha value is -2.98. The average Bonchev–Trinajstić information content (AvgIpc) is 3.72. The summed E-state index contributed by atoms with van der Waals surface area (Å²) in [6.07, 6.45) is -7.87. The van der Waals surface area contributed by atoms with Crippen molar-refractivity contribution >= 4 is 60.8 Å². The van der Waals surface area contributed by atoms with Gasteiger partial charge in [-0.05, 0) is 6.07 Å². The van der Waals surface area contributed by atoms with E-state index in [0.29, 0.717) is 0 Å². The lowest BCUT2D eigenvalue weighted by atomic mass is 10.1. The molecule has 242 valence electrons. The highest BCUT2D eigenvalue weighted by Gasteiger charge is 2.53. The molecule has 0 aromatic carbocycles. The summed E-state index contributed by atoms with van der Waals surface area (Å²) in [6, 6.07) is 1.41. The molecule has 10 unspecified atom stereocenters. The Bertz CT molecular complexity index is 1940. The topological polar surface area (TPSA) is 297 Å². The summed E-state index contributed by atoms with van der Waals surface area (Å²) in [7, 11) is -5.01. The molecule has 3 fully saturated rings. The van der Waals surface area contributed by atoms with Crippen molar-refractivity contribution in [2.75, 3.05) is 24.7 Å². The Morgan fingerprint density at radius 2 is 1.71 bits per heavy atom. The summed E-state index contributed by atoms with van der Waals surface area (Å²) in [5.41, 5.74) is 11.4. The maximum absolute atomic E-state index is 13.5. The summed E-state index contributed by atoms with van der Waals surface area (Å²) in [6.45, 7) is -5.79. The number of rotatable bonds is 2. The molecule has 45 heavy (non-hydrogen) atoms. The van der Waals surface area contributed by atoms with Crippen LogP contribution in [0.4, 0.5) is 11.8 Å². The van der Waals surface area contributed by atoms with E-state index >= 15 is 0 Å². The first-order chi connectivity index (χ1) is 21.3. The van der Waals surface area contributed by atoms with Crippen LogP contribution >= 0.6 is 26.9 Å². The fourth-order valence-corrected chi connectivity index (χ4v) is 7.86. The predicted molar refractivity (Wildman–Crippen MR) is 152 cm³/mol. The molecule has 10 atom stereocenters. The van der Waals surface area contributed by atoms with Crippen LogP contribution < -0.4 is 17.0 Å². The number of aromatic amines is 1. The number of imidazole rings is 1. The molecule has 3 aliphatic heterocycles. The number of hydrogen-bond acceptors (Lipinski definition) is 17. The van der Waals surface area contributed by atoms with Gasteiger partial charge in [0.15, 0.2) is 29.6 Å². The van der Waals surface area contributed by atoms with E-state index in [4.69, 9.17) is 39.0 Å². The third-order valence-corrected chi connectivity index (χ3v) is 10.1. The zero-order valence-electron chi connectivity index (χ0n) is 22.5. The van der Waals surface area contributed by atoms with Gasteiger partial charge in [-0.2, -0.15) is 4.98 Å². The molecule has 2 bridgehead atoms. The number of aliphatic hydroxyl groups excluding tert-OH is 2. The van der Waals surface area contributed by atoms with E-state index in [1.807, 2.05) is 0 Å². The zero-order chi connectivity index (χ0) is 31.8. The highest BCUT2D eigenvalue weighted by Crippen LogP contribution is 2.58. The highest BCUT2D eigenvalue weighted by molar-refractivity contribution is 8.44. The van der Waals surface area contributed by atoms with Crippen molar-refractivity contribution < 1.29 is 51.8 Å². The van der Waals surface area contributed by atoms with E-state index in [1.165, 1.54) is 34.1 Å². The Morgan fingerprint density at radius 3 is 2.51 bits per heavy atom. The number of fused-ring (bicyclic) bond motifs is 5. The number of aromatic nitrogens is 7. The summed E-state index contributed by atoms with van der Waals surface area (Å²) < 4.78 is 62.6. The highest BCUT2D eigenvalue weighted by atomic mass is 32.7. The smallest absolute Gasteiger partial charge is 0.387 e. The number of hydrogen-bond donors (Lipinski definition) is 7. The van der Waals surface area contributed by atoms with Gasteiger partial charge in [0.1, 0.15) is 48.5 Å². The number of thiol groups is 1. The number of phosphoric acid groups is 1. The van der Waals surface area contributed by atoms with Gasteiger partial charge in [0, 0.05) is 6.20 Å². The minimum atomic E-state index is -5.01. The van der Waals surface area contributed by atoms with Gasteiger partial charge in [-0.15, -0.1) is 0 Å². The number of aliphatic hydroxyl groups is 2. The first-order valence-electron chi connectivity index (χ1n) is 13.1. The third kappa shape index (κ3) is 5.45. The van der Waals surface area contributed by atoms with E-state index in [0.717, 1.165) is 0 Å². The fourth-order valence-electron chi connectivity index (χ4n) is 5.43. The van der Waals surface area contributed by atoms with Crippen molar-refractivity contribution in [1.82, 2.24) is 34.1 Å². The molecule has 21 nitrogen and oxygen atoms in total. The molecule has 0 spiro atoms. The molecule has 24 heteroatoms. The number of nitrogens with zero attached hydrogens (tertiary/aromatic N) is 6. The maximum Gasteiger partial charge on any atom is 0.472 e. The quantitative estimate of drug-likeness (QED) is 0.100. The van der Waals surface area contributed by atoms with Crippen molar-refractivity contribution in [3.63, 3.8) is 0 Å². The number of anilines is 2. The summed E-state index contributed by atoms with van der Waals surface area (Å²) in [5.74, 6) is -0.149. The van der Waals surface area contributed by atoms with E-state index in [1.54, 1.807) is 0 Å². The number of nitrogen functional groups attached to an aromatic ring is 2. The lowest BCUT2D eigenvalue weighted by molar-refractivity contribution is -0.0618. The van der Waals surface area contributed by atoms with Crippen LogP contribution in [0.5, 0.6) is 0 Å². The Kier molecular flexibility index (Phi) is 7.55. The molecular formula is C21H25N9O12P2S. The fraction of sp³-hybridized carbons (Fsp3) is 0.476. The largest absolute Gasteiger partial charge is 0.472 e. The Morgan fingerprint density at radius 1 is 0.956 bits per heavy atom. The SMILES string of the molecule is Nc1nc2c(ccn2C2OC3COP(=O)(O)OC4C(COP(=O)(S)OC2C3O)OC(n2cnc3c(N)ncnc32)C4O)c(=O)[nH]1. The summed E-state index contributed by atoms with van der Waals surface area (Å²) >= 11 is 4.06. The van der Waals surface area contributed by atoms with Gasteiger partial charge < -0.3 is 40.6 Å². The van der Waals surface area contributed by atoms with E-state index in [-0.39, 0.29) is 34.0 Å². The summed E-state index contributed by atoms with van der Waals surface area (Å²) in [5, 5.41) is 22.4. The minimum absolute atomic E-state index is 0.0390. The number of phosphoric ester groups is 1. The van der Waals surface area contributed by atoms with Crippen LogP contribution in [0.25, 0.3) is 22.2 Å². The van der Waals surface area contributed by atoms with Gasteiger partial charge in [-0.3, -0.25) is 32.4 Å². The van der Waals surface area contributed by atoms with Crippen LogP contribution in [-0.4, -0.2) is 99.0 Å². The average molecular weight is 689 g/mol. The molecule has 7 heterocycles. The molecule has 0 aliphatic carbocycles. The van der Waals surface area contributed by atoms with Crippen molar-refractivity contribution in [2.24, 2.45) is 0 Å². The number of ether oxygens (including phenoxy) is 2. The standard InChI is InChI=1S/C21H25N9O12P2S/c22-15-10-17(25-5-24-15)30(6-26-10)19-12(32)13-9(40-19)4-38-44(36,45)42-14-11(31)8(3-37-43(34,35)41-13)39-20(14)29-2-1-7-16(29)27-21(23)28-18(7)33/h1-2,5-6,8-9,11-14,19-20,31-32H,3-4H2,(H,34,35)(H,36,45)(H2,22,24,25)(H3,23,27,28,33). The molecule has 0 amide bonds. The lowest BCUT2D eigenvalue weighted by Crippen LogP contribution is -2.36. The zero-order valence-corrected chi connectivity index (χ0v) is 25.2. The van der Waals surface area contributed by atoms with Crippen LogP contribution in [0.1, 0.15) is 12.5 Å². The summed E-state index contributed by atoms with van der Waals surface area (Å²) in [4.78, 5) is 41.6. The first kappa shape index (κ1) is 30.7. The van der Waals surface area contributed by atoms with Crippen molar-refractivity contribution in [3.8, 4) is 0 Å². The Labute approximate surface area is 255 Å². The number of nitrogens with one attached hydrogen (secondary N) is 1. The molecule has 8 N–H and O–H groups in total. The monoisotopic (exact) mass is 689 g/mol. The van der Waals surface area contributed by atoms with E-state index in [2.05, 4.69) is 37.2 Å². The normalized spacial score (nSPS) is 37.7. The molecule has 0 saturated carbocycles. The molecule has 4 aromatic heterocycles. The minimum Gasteiger partial charge on any atom is -0.387 e. The predicted octanol–water partition coefficient (Wildman–Crippen LogP) is -0.799. The van der Waals surface area contributed by atoms with Gasteiger partial charge in [-0.25, -0.2) is 24.1 Å². The second-order valence-electron chi connectivity index (χ2n) is 10.3. The molecule has 0 radical (unpaired) electrons. The molecule has 3 aliphatic rings. The van der Waals surface area contributed by atoms with Crippen LogP contribution in [-0.2, 0) is 36.7 Å². The molecule has 7 rings (SSSR count). The van der Waals surface area contributed by atoms with Crippen molar-refractivity contribution in [1.29, 1.82) is 0 Å². The molecule has 3 saturated heterocycles. The van der Waals surface area contributed by atoms with Crippen LogP contribution in [0.3, 0.4) is 0 Å². The van der Waals surface area contributed by atoms with Crippen LogP contribution in [0.2, 0.25) is 0 Å². The van der Waals surface area contributed by atoms with E-state index < -0.39 is 82.5 Å². The Balaban J connectivity index is 1.21. The van der Waals surface area contributed by atoms with Gasteiger partial charge in [-0.1, -0.05) is 12.2 Å². The maximum atomic E-state index is 13.5. The van der Waals surface area contributed by atoms with Crippen LogP contribution in [0.15, 0.2) is 29.7 Å². The molecule has 4 aromatic rings.